The van der Waals surface area contributed by atoms with Crippen molar-refractivity contribution in [3.05, 3.63) is 35.9 Å². The van der Waals surface area contributed by atoms with Gasteiger partial charge in [0, 0.05) is 51.9 Å². The van der Waals surface area contributed by atoms with Gasteiger partial charge in [-0.15, -0.1) is 0 Å². The summed E-state index contributed by atoms with van der Waals surface area (Å²) in [5.41, 5.74) is 1.39. The zero-order chi connectivity index (χ0) is 17.1. The van der Waals surface area contributed by atoms with Gasteiger partial charge in [0.2, 0.25) is 5.91 Å². The van der Waals surface area contributed by atoms with Crippen molar-refractivity contribution < 1.29 is 4.79 Å². The quantitative estimate of drug-likeness (QED) is 0.891. The number of hydrogen-bond donors (Lipinski definition) is 1. The van der Waals surface area contributed by atoms with Crippen LogP contribution < -0.4 is 5.32 Å². The van der Waals surface area contributed by atoms with E-state index in [2.05, 4.69) is 50.3 Å². The second-order valence-electron chi connectivity index (χ2n) is 7.63. The lowest BCUT2D eigenvalue weighted by atomic mass is 10.1. The van der Waals surface area contributed by atoms with E-state index in [0.717, 1.165) is 65.2 Å². The summed E-state index contributed by atoms with van der Waals surface area (Å²) in [6, 6.07) is 11.4. The Bertz CT molecular complexity index is 572. The number of benzene rings is 1. The van der Waals surface area contributed by atoms with E-state index in [4.69, 9.17) is 0 Å². The van der Waals surface area contributed by atoms with Gasteiger partial charge in [0.05, 0.1) is 6.04 Å². The van der Waals surface area contributed by atoms with E-state index in [1.54, 1.807) is 0 Å². The lowest BCUT2D eigenvalue weighted by Crippen LogP contribution is -2.54. The smallest absolute Gasteiger partial charge is 0.240 e. The normalized spacial score (nSPS) is 28.6. The zero-order valence-electron chi connectivity index (χ0n) is 15.1. The van der Waals surface area contributed by atoms with Crippen LogP contribution in [0.2, 0.25) is 0 Å². The maximum atomic E-state index is 13.0. The summed E-state index contributed by atoms with van der Waals surface area (Å²) in [4.78, 5) is 20.1. The first-order chi connectivity index (χ1) is 12.3. The second-order valence-corrected chi connectivity index (χ2v) is 7.63. The third-order valence-corrected chi connectivity index (χ3v) is 5.97. The maximum Gasteiger partial charge on any atom is 0.240 e. The molecule has 3 heterocycles. The van der Waals surface area contributed by atoms with Crippen LogP contribution in [0.4, 0.5) is 0 Å². The lowest BCUT2D eigenvalue weighted by molar-refractivity contribution is -0.137. The molecular formula is C20H30N4O. The van der Waals surface area contributed by atoms with Crippen LogP contribution in [-0.4, -0.2) is 78.5 Å². The zero-order valence-corrected chi connectivity index (χ0v) is 15.1. The highest BCUT2D eigenvalue weighted by Gasteiger charge is 2.39. The molecule has 1 aromatic rings. The van der Waals surface area contributed by atoms with Gasteiger partial charge in [-0.25, -0.2) is 0 Å². The largest absolute Gasteiger partial charge is 0.339 e. The monoisotopic (exact) mass is 342 g/mol. The number of nitrogens with zero attached hydrogens (tertiary/aromatic N) is 3. The molecular weight excluding hydrogens is 312 g/mol. The fraction of sp³-hybridized carbons (Fsp3) is 0.650. The molecule has 0 spiro atoms. The molecule has 2 atom stereocenters. The van der Waals surface area contributed by atoms with E-state index >= 15 is 0 Å². The molecule has 0 saturated carbocycles. The van der Waals surface area contributed by atoms with Crippen LogP contribution in [0.1, 0.15) is 24.8 Å². The summed E-state index contributed by atoms with van der Waals surface area (Å²) in [6.07, 6.45) is 3.40. The van der Waals surface area contributed by atoms with Crippen LogP contribution >= 0.6 is 0 Å². The minimum absolute atomic E-state index is 0.125. The van der Waals surface area contributed by atoms with Crippen molar-refractivity contribution in [3.63, 3.8) is 0 Å². The average molecular weight is 342 g/mol. The highest BCUT2D eigenvalue weighted by atomic mass is 16.2. The Balaban J connectivity index is 1.35. The van der Waals surface area contributed by atoms with Gasteiger partial charge in [-0.3, -0.25) is 14.6 Å². The van der Waals surface area contributed by atoms with Gasteiger partial charge in [0.25, 0.3) is 0 Å². The molecule has 3 aliphatic rings. The molecule has 25 heavy (non-hydrogen) atoms. The number of amides is 1. The van der Waals surface area contributed by atoms with Crippen LogP contribution in [0.25, 0.3) is 0 Å². The van der Waals surface area contributed by atoms with E-state index in [-0.39, 0.29) is 6.04 Å². The Labute approximate surface area is 151 Å². The minimum atomic E-state index is 0.125. The van der Waals surface area contributed by atoms with Crippen molar-refractivity contribution in [3.8, 4) is 0 Å². The van der Waals surface area contributed by atoms with Crippen LogP contribution in [0.15, 0.2) is 30.3 Å². The van der Waals surface area contributed by atoms with E-state index < -0.39 is 0 Å². The molecule has 2 unspecified atom stereocenters. The summed E-state index contributed by atoms with van der Waals surface area (Å²) in [5.74, 6) is 0.375. The van der Waals surface area contributed by atoms with Gasteiger partial charge in [0.15, 0.2) is 0 Å². The molecule has 3 fully saturated rings. The molecule has 5 nitrogen and oxygen atoms in total. The van der Waals surface area contributed by atoms with Gasteiger partial charge < -0.3 is 10.2 Å². The Morgan fingerprint density at radius 1 is 1.04 bits per heavy atom. The van der Waals surface area contributed by atoms with E-state index in [0.29, 0.717) is 11.9 Å². The lowest BCUT2D eigenvalue weighted by Gasteiger charge is -2.35. The molecule has 0 bridgehead atoms. The van der Waals surface area contributed by atoms with Crippen molar-refractivity contribution in [2.45, 2.75) is 37.9 Å². The third-order valence-electron chi connectivity index (χ3n) is 5.97. The van der Waals surface area contributed by atoms with Crippen LogP contribution in [0, 0.1) is 0 Å². The number of piperazine rings is 1. The maximum absolute atomic E-state index is 13.0. The van der Waals surface area contributed by atoms with Crippen molar-refractivity contribution in [1.82, 2.24) is 20.0 Å². The molecule has 5 heteroatoms. The van der Waals surface area contributed by atoms with Crippen molar-refractivity contribution >= 4 is 5.91 Å². The van der Waals surface area contributed by atoms with Gasteiger partial charge in [-0.1, -0.05) is 30.3 Å². The van der Waals surface area contributed by atoms with Gasteiger partial charge >= 0.3 is 0 Å². The summed E-state index contributed by atoms with van der Waals surface area (Å²) in [7, 11) is 0. The average Bonchev–Trinajstić information content (AvgIpc) is 3.32. The predicted octanol–water partition coefficient (Wildman–Crippen LogP) is 1.16. The molecule has 3 aliphatic heterocycles. The molecule has 0 radical (unpaired) electrons. The summed E-state index contributed by atoms with van der Waals surface area (Å²) in [6.45, 7) is 7.97. The Morgan fingerprint density at radius 3 is 2.64 bits per heavy atom. The van der Waals surface area contributed by atoms with Gasteiger partial charge in [0.1, 0.15) is 0 Å². The summed E-state index contributed by atoms with van der Waals surface area (Å²) >= 11 is 0. The Kier molecular flexibility index (Phi) is 5.34. The van der Waals surface area contributed by atoms with Crippen molar-refractivity contribution in [1.29, 1.82) is 0 Å². The highest BCUT2D eigenvalue weighted by molar-refractivity contribution is 5.82. The molecule has 3 saturated heterocycles. The Hall–Kier alpha value is -1.43. The molecule has 4 rings (SSSR count). The first-order valence-electron chi connectivity index (χ1n) is 9.83. The Morgan fingerprint density at radius 2 is 1.84 bits per heavy atom. The topological polar surface area (TPSA) is 38.8 Å². The predicted molar refractivity (Wildman–Crippen MR) is 99.3 cm³/mol. The first kappa shape index (κ1) is 17.0. The molecule has 0 aliphatic carbocycles. The summed E-state index contributed by atoms with van der Waals surface area (Å²) < 4.78 is 0. The third kappa shape index (κ3) is 3.89. The molecule has 1 N–H and O–H groups in total. The van der Waals surface area contributed by atoms with Crippen LogP contribution in [0.5, 0.6) is 0 Å². The van der Waals surface area contributed by atoms with Crippen molar-refractivity contribution in [2.24, 2.45) is 0 Å². The number of nitrogens with one attached hydrogen (secondary N) is 1. The fourth-order valence-electron chi connectivity index (χ4n) is 4.66. The van der Waals surface area contributed by atoms with Crippen molar-refractivity contribution in [2.75, 3.05) is 45.8 Å². The molecule has 1 aromatic carbocycles. The van der Waals surface area contributed by atoms with E-state index in [1.807, 2.05) is 0 Å². The number of likely N-dealkylation sites (tertiary alicyclic amines) is 2. The van der Waals surface area contributed by atoms with Gasteiger partial charge in [-0.2, -0.15) is 0 Å². The van der Waals surface area contributed by atoms with Crippen LogP contribution in [-0.2, 0) is 11.3 Å². The SMILES string of the molecule is O=C(C1CCCN1C1CCN(Cc2ccccc2)C1)N1CCNCC1. The number of carbonyl (C=O) groups is 1. The first-order valence-corrected chi connectivity index (χ1v) is 9.83. The fourth-order valence-corrected chi connectivity index (χ4v) is 4.66. The van der Waals surface area contributed by atoms with E-state index in [9.17, 15) is 4.79 Å². The minimum Gasteiger partial charge on any atom is -0.339 e. The van der Waals surface area contributed by atoms with Crippen LogP contribution in [0.3, 0.4) is 0 Å². The number of rotatable bonds is 4. The second kappa shape index (κ2) is 7.85. The number of carbonyl (C=O) groups excluding carboxylic acids is 1. The van der Waals surface area contributed by atoms with Gasteiger partial charge in [-0.05, 0) is 31.4 Å². The number of hydrogen-bond acceptors (Lipinski definition) is 4. The summed E-state index contributed by atoms with van der Waals surface area (Å²) in [5, 5.41) is 3.34. The molecule has 0 aromatic heterocycles. The standard InChI is InChI=1S/C20H30N4O/c25-20(23-13-9-21-10-14-23)19-7-4-11-24(19)18-8-12-22(16-18)15-17-5-2-1-3-6-17/h1-3,5-6,18-19,21H,4,7-16H2. The molecule has 1 amide bonds. The highest BCUT2D eigenvalue weighted by Crippen LogP contribution is 2.27. The molecule has 136 valence electrons. The van der Waals surface area contributed by atoms with E-state index in [1.165, 1.54) is 12.0 Å².